The molecule has 2 N–H and O–H groups in total. The minimum absolute atomic E-state index is 0.0160. The number of nitrogens with zero attached hydrogens (tertiary/aromatic N) is 5. The number of hydrogen-bond donors (Lipinski definition) is 2. The molecule has 4 heterocycles. The number of halogens is 1. The number of aryl methyl sites for hydroxylation is 1. The zero-order chi connectivity index (χ0) is 38.2. The van der Waals surface area contributed by atoms with E-state index in [2.05, 4.69) is 50.7 Å². The number of H-pyrrole nitrogens is 1. The Balaban J connectivity index is 1.13. The fraction of sp³-hybridized carbons (Fsp3) is 0.308. The molecule has 0 unspecified atom stereocenters. The highest BCUT2D eigenvalue weighted by Crippen LogP contribution is 2.43. The lowest BCUT2D eigenvalue weighted by atomic mass is 9.72. The van der Waals surface area contributed by atoms with Gasteiger partial charge in [-0.3, -0.25) is 19.8 Å². The highest BCUT2D eigenvalue weighted by molar-refractivity contribution is 7.90. The second-order valence-corrected chi connectivity index (χ2v) is 16.6. The predicted molar refractivity (Wildman–Crippen MR) is 208 cm³/mol. The van der Waals surface area contributed by atoms with Crippen LogP contribution in [0, 0.1) is 22.5 Å². The van der Waals surface area contributed by atoms with Crippen molar-refractivity contribution in [3.63, 3.8) is 0 Å². The van der Waals surface area contributed by atoms with Crippen molar-refractivity contribution in [2.75, 3.05) is 37.6 Å². The number of aromatic nitrogens is 3. The molecule has 1 aliphatic heterocycles. The van der Waals surface area contributed by atoms with E-state index in [-0.39, 0.29) is 27.4 Å². The third-order valence-corrected chi connectivity index (χ3v) is 11.6. The summed E-state index contributed by atoms with van der Waals surface area (Å²) in [4.78, 5) is 39.6. The molecule has 2 aromatic carbocycles. The first-order valence-electron chi connectivity index (χ1n) is 17.6. The third-order valence-electron chi connectivity index (χ3n) is 9.96. The van der Waals surface area contributed by atoms with E-state index in [9.17, 15) is 23.3 Å². The summed E-state index contributed by atoms with van der Waals surface area (Å²) in [5.41, 5.74) is 5.10. The van der Waals surface area contributed by atoms with Gasteiger partial charge in [0.25, 0.3) is 21.6 Å². The van der Waals surface area contributed by atoms with Crippen molar-refractivity contribution in [1.29, 1.82) is 0 Å². The first kappa shape index (κ1) is 37.0. The molecule has 3 aromatic heterocycles. The van der Waals surface area contributed by atoms with Crippen LogP contribution >= 0.6 is 11.6 Å². The molecule has 0 bridgehead atoms. The lowest BCUT2D eigenvalue weighted by Crippen LogP contribution is -2.47. The molecule has 13 nitrogen and oxygen atoms in total. The topological polar surface area (TPSA) is 164 Å². The molecule has 1 amide bonds. The highest BCUT2D eigenvalue weighted by atomic mass is 35.5. The molecule has 280 valence electrons. The monoisotopic (exact) mass is 769 g/mol. The number of carbonyl (C=O) groups is 1. The van der Waals surface area contributed by atoms with Crippen LogP contribution in [0.15, 0.2) is 89.6 Å². The van der Waals surface area contributed by atoms with Crippen LogP contribution in [-0.4, -0.2) is 71.8 Å². The van der Waals surface area contributed by atoms with E-state index in [0.717, 1.165) is 61.1 Å². The summed E-state index contributed by atoms with van der Waals surface area (Å²) < 4.78 is 35.8. The number of allylic oxidation sites excluding steroid dienone is 1. The van der Waals surface area contributed by atoms with Crippen LogP contribution in [0.1, 0.15) is 54.9 Å². The lowest BCUT2D eigenvalue weighted by Gasteiger charge is -2.39. The summed E-state index contributed by atoms with van der Waals surface area (Å²) in [6, 6.07) is 18.5. The quantitative estimate of drug-likeness (QED) is 0.107. The maximum Gasteiger partial charge on any atom is 0.283 e. The molecule has 5 aromatic rings. The van der Waals surface area contributed by atoms with Crippen LogP contribution in [0.2, 0.25) is 5.02 Å². The summed E-state index contributed by atoms with van der Waals surface area (Å²) in [6.45, 7) is 10.0. The molecule has 1 fully saturated rings. The fourth-order valence-corrected chi connectivity index (χ4v) is 8.29. The number of aromatic amines is 1. The van der Waals surface area contributed by atoms with Gasteiger partial charge in [0, 0.05) is 78.9 Å². The van der Waals surface area contributed by atoms with E-state index in [1.54, 1.807) is 24.4 Å². The third kappa shape index (κ3) is 8.25. The Hall–Kier alpha value is -5.31. The van der Waals surface area contributed by atoms with Gasteiger partial charge in [0.05, 0.1) is 11.1 Å². The van der Waals surface area contributed by atoms with Crippen molar-refractivity contribution < 1.29 is 22.9 Å². The number of carbonyl (C=O) groups excluding carboxylic acids is 1. The van der Waals surface area contributed by atoms with Crippen LogP contribution in [-0.2, 0) is 10.0 Å². The number of hydrogen-bond acceptors (Lipinski definition) is 10. The van der Waals surface area contributed by atoms with Crippen molar-refractivity contribution in [1.82, 2.24) is 24.6 Å². The van der Waals surface area contributed by atoms with Crippen LogP contribution in [0.25, 0.3) is 16.6 Å². The standard InChI is InChI=1S/C39H40ClN7O6S/c1-25-18-31(47(49)50)20-34(43-25)38(48)44-54(51,52)36-9-8-30(21-35(36)53-32-19-27-11-13-41-37(27)42-23-32)46-16-14-45(15-17-46)24-28-10-12-39(2,3)22-33(28)26-4-6-29(40)7-5-26/h4-9,11,13,18-21,23H,10,12,14-17,22,24H2,1-3H3,(H,41,42)(H,44,48). The van der Waals surface area contributed by atoms with Crippen LogP contribution < -0.4 is 14.4 Å². The van der Waals surface area contributed by atoms with Gasteiger partial charge in [-0.2, -0.15) is 0 Å². The highest BCUT2D eigenvalue weighted by Gasteiger charge is 2.30. The molecule has 0 radical (unpaired) electrons. The van der Waals surface area contributed by atoms with Crippen LogP contribution in [0.3, 0.4) is 0 Å². The fourth-order valence-electron chi connectivity index (χ4n) is 7.10. The smallest absolute Gasteiger partial charge is 0.283 e. The van der Waals surface area contributed by atoms with E-state index in [1.165, 1.54) is 42.0 Å². The van der Waals surface area contributed by atoms with Crippen molar-refractivity contribution in [2.45, 2.75) is 44.9 Å². The first-order valence-corrected chi connectivity index (χ1v) is 19.5. The van der Waals surface area contributed by atoms with Gasteiger partial charge in [-0.15, -0.1) is 0 Å². The molecule has 1 saturated heterocycles. The van der Waals surface area contributed by atoms with Crippen LogP contribution in [0.4, 0.5) is 11.4 Å². The molecule has 7 rings (SSSR count). The SMILES string of the molecule is Cc1cc([N+](=O)[O-])cc(C(=O)NS(=O)(=O)c2ccc(N3CCN(CC4=C(c5ccc(Cl)cc5)CC(C)(C)CC4)CC3)cc2Oc2cnc3[nH]ccc3c2)n1. The number of rotatable bonds is 10. The number of fused-ring (bicyclic) bond motifs is 1. The molecular weight excluding hydrogens is 730 g/mol. The van der Waals surface area contributed by atoms with E-state index >= 15 is 0 Å². The summed E-state index contributed by atoms with van der Waals surface area (Å²) in [5, 5.41) is 12.9. The van der Waals surface area contributed by atoms with Crippen molar-refractivity contribution >= 4 is 55.5 Å². The Morgan fingerprint density at radius 1 is 1.06 bits per heavy atom. The Kier molecular flexibility index (Phi) is 10.2. The number of nitrogens with one attached hydrogen (secondary N) is 2. The molecule has 15 heteroatoms. The molecule has 0 saturated carbocycles. The lowest BCUT2D eigenvalue weighted by molar-refractivity contribution is -0.385. The second kappa shape index (κ2) is 14.8. The van der Waals surface area contributed by atoms with E-state index in [0.29, 0.717) is 24.5 Å². The zero-order valence-electron chi connectivity index (χ0n) is 30.1. The summed E-state index contributed by atoms with van der Waals surface area (Å²) in [7, 11) is -4.55. The van der Waals surface area contributed by atoms with Gasteiger partial charge < -0.3 is 14.6 Å². The van der Waals surface area contributed by atoms with E-state index in [1.807, 2.05) is 22.9 Å². The molecular formula is C39H40ClN7O6S. The second-order valence-electron chi connectivity index (χ2n) is 14.6. The van der Waals surface area contributed by atoms with Crippen molar-refractivity contribution in [3.8, 4) is 11.5 Å². The number of pyridine rings is 2. The van der Waals surface area contributed by atoms with Gasteiger partial charge >= 0.3 is 0 Å². The van der Waals surface area contributed by atoms with Crippen molar-refractivity contribution in [2.24, 2.45) is 5.41 Å². The normalized spacial score (nSPS) is 16.4. The Bertz CT molecular complexity index is 2390. The van der Waals surface area contributed by atoms with Gasteiger partial charge in [-0.1, -0.05) is 43.2 Å². The summed E-state index contributed by atoms with van der Waals surface area (Å²) in [5.74, 6) is -0.833. The van der Waals surface area contributed by atoms with Crippen molar-refractivity contribution in [3.05, 3.63) is 117 Å². The number of anilines is 1. The van der Waals surface area contributed by atoms with Gasteiger partial charge in [-0.25, -0.2) is 23.1 Å². The molecule has 1 aliphatic carbocycles. The van der Waals surface area contributed by atoms with E-state index in [4.69, 9.17) is 16.3 Å². The summed E-state index contributed by atoms with van der Waals surface area (Å²) in [6.07, 6.45) is 6.40. The van der Waals surface area contributed by atoms with Gasteiger partial charge in [0.15, 0.2) is 0 Å². The Morgan fingerprint density at radius 3 is 2.56 bits per heavy atom. The van der Waals surface area contributed by atoms with Gasteiger partial charge in [0.2, 0.25) is 0 Å². The minimum atomic E-state index is -4.55. The van der Waals surface area contributed by atoms with Gasteiger partial charge in [0.1, 0.15) is 27.7 Å². The number of benzene rings is 2. The number of piperazine rings is 1. The minimum Gasteiger partial charge on any atom is -0.454 e. The summed E-state index contributed by atoms with van der Waals surface area (Å²) >= 11 is 6.21. The van der Waals surface area contributed by atoms with Crippen LogP contribution in [0.5, 0.6) is 11.5 Å². The largest absolute Gasteiger partial charge is 0.454 e. The average molecular weight is 770 g/mol. The maximum atomic E-state index is 13.8. The number of sulfonamides is 1. The molecule has 54 heavy (non-hydrogen) atoms. The average Bonchev–Trinajstić information content (AvgIpc) is 3.60. The molecule has 0 atom stereocenters. The zero-order valence-corrected chi connectivity index (χ0v) is 31.7. The number of nitro groups is 1. The predicted octanol–water partition coefficient (Wildman–Crippen LogP) is 7.52. The van der Waals surface area contributed by atoms with Gasteiger partial charge in [-0.05, 0) is 79.1 Å². The first-order chi connectivity index (χ1) is 25.7. The number of ether oxygens (including phenoxy) is 1. The molecule has 0 spiro atoms. The maximum absolute atomic E-state index is 13.8. The Morgan fingerprint density at radius 2 is 1.81 bits per heavy atom. The number of amides is 1. The van der Waals surface area contributed by atoms with E-state index < -0.39 is 26.5 Å². The molecule has 2 aliphatic rings. The Labute approximate surface area is 318 Å².